The molecule has 2 heterocycles. The lowest BCUT2D eigenvalue weighted by Crippen LogP contribution is -2.37. The quantitative estimate of drug-likeness (QED) is 0.889. The van der Waals surface area contributed by atoms with E-state index in [2.05, 4.69) is 60.0 Å². The van der Waals surface area contributed by atoms with E-state index in [0.717, 1.165) is 43.7 Å². The van der Waals surface area contributed by atoms with Crippen molar-refractivity contribution in [3.8, 4) is 0 Å². The Morgan fingerprint density at radius 1 is 1.15 bits per heavy atom. The van der Waals surface area contributed by atoms with E-state index in [1.54, 1.807) is 0 Å². The topological polar surface area (TPSA) is 50.4 Å². The summed E-state index contributed by atoms with van der Waals surface area (Å²) in [5.74, 6) is -0.0311. The van der Waals surface area contributed by atoms with E-state index in [9.17, 15) is 4.79 Å². The Bertz CT molecular complexity index is 785. The zero-order valence-corrected chi connectivity index (χ0v) is 15.3. The van der Waals surface area contributed by atoms with Crippen molar-refractivity contribution in [3.05, 3.63) is 70.3 Å². The van der Waals surface area contributed by atoms with Crippen molar-refractivity contribution in [2.45, 2.75) is 45.5 Å². The molecule has 0 saturated carbocycles. The molecule has 4 rings (SSSR count). The van der Waals surface area contributed by atoms with Crippen LogP contribution in [-0.2, 0) is 29.2 Å². The zero-order valence-electron chi connectivity index (χ0n) is 15.3. The maximum absolute atomic E-state index is 12.9. The lowest BCUT2D eigenvalue weighted by atomic mass is 9.88. The molecule has 0 spiro atoms. The molecule has 2 unspecified atom stereocenters. The smallest absolute Gasteiger partial charge is 0.226 e. The van der Waals surface area contributed by atoms with Gasteiger partial charge in [0.05, 0.1) is 12.0 Å². The number of carbonyl (C=O) groups is 1. The SMILES string of the molecule is Cc1ccc(C2OCCCC2C(=O)NCc2ccc3c(c2)CNC3)cc1. The van der Waals surface area contributed by atoms with Gasteiger partial charge in [0.25, 0.3) is 0 Å². The summed E-state index contributed by atoms with van der Waals surface area (Å²) in [6.07, 6.45) is 1.66. The number of carbonyl (C=O) groups excluding carboxylic acids is 1. The highest BCUT2D eigenvalue weighted by Crippen LogP contribution is 2.34. The van der Waals surface area contributed by atoms with E-state index in [-0.39, 0.29) is 17.9 Å². The second-order valence-electron chi connectivity index (χ2n) is 7.38. The van der Waals surface area contributed by atoms with E-state index < -0.39 is 0 Å². The highest BCUT2D eigenvalue weighted by atomic mass is 16.5. The van der Waals surface area contributed by atoms with E-state index >= 15 is 0 Å². The number of hydrogen-bond donors (Lipinski definition) is 2. The molecule has 136 valence electrons. The third-order valence-electron chi connectivity index (χ3n) is 5.43. The largest absolute Gasteiger partial charge is 0.373 e. The molecule has 4 nitrogen and oxygen atoms in total. The molecule has 4 heteroatoms. The first kappa shape index (κ1) is 17.3. The van der Waals surface area contributed by atoms with Crippen LogP contribution in [0.25, 0.3) is 0 Å². The summed E-state index contributed by atoms with van der Waals surface area (Å²) in [7, 11) is 0. The van der Waals surface area contributed by atoms with E-state index in [1.165, 1.54) is 16.7 Å². The fraction of sp³-hybridized carbons (Fsp3) is 0.409. The first-order valence-electron chi connectivity index (χ1n) is 9.48. The van der Waals surface area contributed by atoms with Gasteiger partial charge in [-0.25, -0.2) is 0 Å². The second kappa shape index (κ2) is 7.60. The number of amides is 1. The molecule has 2 atom stereocenters. The highest BCUT2D eigenvalue weighted by Gasteiger charge is 2.32. The molecule has 0 aliphatic carbocycles. The minimum atomic E-state index is -0.145. The Morgan fingerprint density at radius 2 is 1.96 bits per heavy atom. The van der Waals surface area contributed by atoms with Crippen LogP contribution >= 0.6 is 0 Å². The predicted molar refractivity (Wildman–Crippen MR) is 101 cm³/mol. The zero-order chi connectivity index (χ0) is 17.9. The summed E-state index contributed by atoms with van der Waals surface area (Å²) >= 11 is 0. The normalized spacial score (nSPS) is 22.0. The average Bonchev–Trinajstić information content (AvgIpc) is 3.14. The van der Waals surface area contributed by atoms with Gasteiger partial charge in [0.2, 0.25) is 5.91 Å². The number of fused-ring (bicyclic) bond motifs is 1. The fourth-order valence-electron chi connectivity index (χ4n) is 3.91. The number of rotatable bonds is 4. The summed E-state index contributed by atoms with van der Waals surface area (Å²) in [4.78, 5) is 12.9. The Kier molecular flexibility index (Phi) is 5.05. The van der Waals surface area contributed by atoms with Gasteiger partial charge < -0.3 is 15.4 Å². The third-order valence-corrected chi connectivity index (χ3v) is 5.43. The Morgan fingerprint density at radius 3 is 2.81 bits per heavy atom. The molecule has 2 aromatic rings. The number of ether oxygens (including phenoxy) is 1. The van der Waals surface area contributed by atoms with Crippen molar-refractivity contribution in [2.75, 3.05) is 6.61 Å². The van der Waals surface area contributed by atoms with Gasteiger partial charge in [-0.2, -0.15) is 0 Å². The van der Waals surface area contributed by atoms with Gasteiger partial charge in [0.1, 0.15) is 0 Å². The molecule has 2 aliphatic rings. The molecule has 2 aliphatic heterocycles. The van der Waals surface area contributed by atoms with Crippen LogP contribution in [-0.4, -0.2) is 12.5 Å². The summed E-state index contributed by atoms with van der Waals surface area (Å²) in [5.41, 5.74) is 6.18. The van der Waals surface area contributed by atoms with Crippen LogP contribution in [0, 0.1) is 12.8 Å². The van der Waals surface area contributed by atoms with E-state index in [0.29, 0.717) is 6.54 Å². The summed E-state index contributed by atoms with van der Waals surface area (Å²) in [6, 6.07) is 14.8. The lowest BCUT2D eigenvalue weighted by Gasteiger charge is -2.31. The standard InChI is InChI=1S/C22H26N2O2/c1-15-4-7-17(8-5-15)21-20(3-2-10-26-21)22(25)24-12-16-6-9-18-13-23-14-19(18)11-16/h4-9,11,20-21,23H,2-3,10,12-14H2,1H3,(H,24,25). The van der Waals surface area contributed by atoms with Gasteiger partial charge >= 0.3 is 0 Å². The average molecular weight is 350 g/mol. The maximum Gasteiger partial charge on any atom is 0.226 e. The van der Waals surface area contributed by atoms with Gasteiger partial charge in [-0.3, -0.25) is 4.79 Å². The van der Waals surface area contributed by atoms with Gasteiger partial charge in [0, 0.05) is 26.2 Å². The molecule has 0 aromatic heterocycles. The van der Waals surface area contributed by atoms with Gasteiger partial charge in [-0.05, 0) is 42.0 Å². The summed E-state index contributed by atoms with van der Waals surface area (Å²) < 4.78 is 5.98. The molecule has 1 amide bonds. The van der Waals surface area contributed by atoms with E-state index in [1.807, 2.05) is 0 Å². The van der Waals surface area contributed by atoms with Crippen molar-refractivity contribution in [3.63, 3.8) is 0 Å². The molecule has 1 fully saturated rings. The lowest BCUT2D eigenvalue weighted by molar-refractivity contribution is -0.134. The molecule has 2 N–H and O–H groups in total. The third kappa shape index (κ3) is 3.67. The number of aryl methyl sites for hydroxylation is 1. The van der Waals surface area contributed by atoms with Crippen LogP contribution in [0.3, 0.4) is 0 Å². The van der Waals surface area contributed by atoms with Gasteiger partial charge in [-0.1, -0.05) is 48.0 Å². The second-order valence-corrected chi connectivity index (χ2v) is 7.38. The fourth-order valence-corrected chi connectivity index (χ4v) is 3.91. The van der Waals surface area contributed by atoms with Crippen LogP contribution in [0.15, 0.2) is 42.5 Å². The highest BCUT2D eigenvalue weighted by molar-refractivity contribution is 5.79. The van der Waals surface area contributed by atoms with Crippen LogP contribution in [0.4, 0.5) is 0 Å². The Balaban J connectivity index is 1.43. The van der Waals surface area contributed by atoms with Crippen LogP contribution in [0.2, 0.25) is 0 Å². The predicted octanol–water partition coefficient (Wildman–Crippen LogP) is 3.38. The minimum absolute atomic E-state index is 0.0916. The Hall–Kier alpha value is -2.17. The van der Waals surface area contributed by atoms with E-state index in [4.69, 9.17) is 4.74 Å². The molecule has 2 aromatic carbocycles. The first-order valence-corrected chi connectivity index (χ1v) is 9.48. The van der Waals surface area contributed by atoms with Crippen molar-refractivity contribution in [1.82, 2.24) is 10.6 Å². The molecular formula is C22H26N2O2. The summed E-state index contributed by atoms with van der Waals surface area (Å²) in [6.45, 7) is 5.23. The molecular weight excluding hydrogens is 324 g/mol. The maximum atomic E-state index is 12.9. The first-order chi connectivity index (χ1) is 12.7. The van der Waals surface area contributed by atoms with Gasteiger partial charge in [0.15, 0.2) is 0 Å². The number of hydrogen-bond acceptors (Lipinski definition) is 3. The van der Waals surface area contributed by atoms with Crippen molar-refractivity contribution >= 4 is 5.91 Å². The van der Waals surface area contributed by atoms with Crippen molar-refractivity contribution < 1.29 is 9.53 Å². The number of nitrogens with one attached hydrogen (secondary N) is 2. The molecule has 0 radical (unpaired) electrons. The molecule has 26 heavy (non-hydrogen) atoms. The van der Waals surface area contributed by atoms with Gasteiger partial charge in [-0.15, -0.1) is 0 Å². The number of benzene rings is 2. The molecule has 0 bridgehead atoms. The molecule has 1 saturated heterocycles. The summed E-state index contributed by atoms with van der Waals surface area (Å²) in [5, 5.41) is 6.49. The van der Waals surface area contributed by atoms with Crippen molar-refractivity contribution in [1.29, 1.82) is 0 Å². The Labute approximate surface area is 155 Å². The van der Waals surface area contributed by atoms with Crippen LogP contribution in [0.1, 0.15) is 46.8 Å². The van der Waals surface area contributed by atoms with Crippen LogP contribution < -0.4 is 10.6 Å². The van der Waals surface area contributed by atoms with Crippen LogP contribution in [0.5, 0.6) is 0 Å². The monoisotopic (exact) mass is 350 g/mol. The minimum Gasteiger partial charge on any atom is -0.373 e. The van der Waals surface area contributed by atoms with Crippen molar-refractivity contribution in [2.24, 2.45) is 5.92 Å².